The SMILES string of the molecule is COCC[O][Al-][O]CCOC.[Na+]. The minimum atomic E-state index is -0.349. The monoisotopic (exact) mass is 200 g/mol. The summed E-state index contributed by atoms with van der Waals surface area (Å²) in [5.74, 6) is 0. The molecule has 2 radical (unpaired) electrons. The first-order valence-corrected chi connectivity index (χ1v) is 4.39. The Hall–Kier alpha value is 1.37. The topological polar surface area (TPSA) is 36.9 Å². The molecule has 0 unspecified atom stereocenters. The zero-order chi connectivity index (χ0) is 8.36. The van der Waals surface area contributed by atoms with Crippen LogP contribution in [0.2, 0.25) is 0 Å². The number of hydrogen-bond donors (Lipinski definition) is 0. The van der Waals surface area contributed by atoms with Gasteiger partial charge in [0.15, 0.2) is 0 Å². The van der Waals surface area contributed by atoms with Gasteiger partial charge in [0, 0.05) is 27.4 Å². The summed E-state index contributed by atoms with van der Waals surface area (Å²) in [7, 11) is 3.29. The summed E-state index contributed by atoms with van der Waals surface area (Å²) in [6.45, 7) is 2.47. The fourth-order valence-corrected chi connectivity index (χ4v) is 0.888. The van der Waals surface area contributed by atoms with Crippen molar-refractivity contribution in [2.24, 2.45) is 0 Å². The molecule has 0 saturated carbocycles. The van der Waals surface area contributed by atoms with Gasteiger partial charge in [0.05, 0.1) is 13.2 Å². The van der Waals surface area contributed by atoms with Gasteiger partial charge in [-0.3, -0.25) is 0 Å². The van der Waals surface area contributed by atoms with E-state index in [4.69, 9.17) is 17.1 Å². The summed E-state index contributed by atoms with van der Waals surface area (Å²) < 4.78 is 19.8. The summed E-state index contributed by atoms with van der Waals surface area (Å²) >= 11 is -0.349. The van der Waals surface area contributed by atoms with Gasteiger partial charge in [-0.2, -0.15) is 0 Å². The van der Waals surface area contributed by atoms with Crippen LogP contribution < -0.4 is 29.6 Å². The summed E-state index contributed by atoms with van der Waals surface area (Å²) in [5, 5.41) is 0. The van der Waals surface area contributed by atoms with Crippen molar-refractivity contribution < 1.29 is 46.6 Å². The molecule has 0 fully saturated rings. The summed E-state index contributed by atoms with van der Waals surface area (Å²) in [6.07, 6.45) is 0. The minimum absolute atomic E-state index is 0. The molecule has 12 heavy (non-hydrogen) atoms. The van der Waals surface area contributed by atoms with E-state index in [0.29, 0.717) is 26.4 Å². The van der Waals surface area contributed by atoms with Gasteiger partial charge in [-0.1, -0.05) is 0 Å². The van der Waals surface area contributed by atoms with Crippen LogP contribution in [0.25, 0.3) is 0 Å². The number of rotatable bonds is 8. The van der Waals surface area contributed by atoms with Crippen molar-refractivity contribution in [3.05, 3.63) is 0 Å². The van der Waals surface area contributed by atoms with Crippen molar-refractivity contribution in [3.8, 4) is 0 Å². The molecule has 0 aromatic carbocycles. The van der Waals surface area contributed by atoms with Crippen LogP contribution in [0.4, 0.5) is 0 Å². The van der Waals surface area contributed by atoms with Gasteiger partial charge in [0.25, 0.3) is 0 Å². The van der Waals surface area contributed by atoms with E-state index in [9.17, 15) is 0 Å². The predicted molar refractivity (Wildman–Crippen MR) is 41.4 cm³/mol. The van der Waals surface area contributed by atoms with Crippen LogP contribution in [0.15, 0.2) is 0 Å². The number of hydrogen-bond acceptors (Lipinski definition) is 4. The van der Waals surface area contributed by atoms with Crippen molar-refractivity contribution in [2.75, 3.05) is 40.6 Å². The number of methoxy groups -OCH3 is 2. The molecule has 0 aliphatic rings. The Morgan fingerprint density at radius 1 is 0.833 bits per heavy atom. The first-order chi connectivity index (χ1) is 5.41. The van der Waals surface area contributed by atoms with Gasteiger partial charge in [-0.05, 0) is 0 Å². The standard InChI is InChI=1S/2C3H7O2.Al.Na/c2*1-5-3-2-4;;/h2*2-3H2,1H3;;/q2*-1;2*+1. The molecule has 0 heterocycles. The summed E-state index contributed by atoms with van der Waals surface area (Å²) in [4.78, 5) is 0. The molecule has 0 atom stereocenters. The second-order valence-corrected chi connectivity index (χ2v) is 2.68. The van der Waals surface area contributed by atoms with Crippen LogP contribution >= 0.6 is 0 Å². The Morgan fingerprint density at radius 3 is 1.58 bits per heavy atom. The zero-order valence-electron chi connectivity index (χ0n) is 8.04. The van der Waals surface area contributed by atoms with Crippen molar-refractivity contribution in [1.29, 1.82) is 0 Å². The summed E-state index contributed by atoms with van der Waals surface area (Å²) in [5.41, 5.74) is 0. The molecule has 4 nitrogen and oxygen atoms in total. The molecule has 66 valence electrons. The average molecular weight is 200 g/mol. The van der Waals surface area contributed by atoms with Gasteiger partial charge in [-0.15, -0.1) is 0 Å². The van der Waals surface area contributed by atoms with E-state index in [2.05, 4.69) is 0 Å². The van der Waals surface area contributed by atoms with Gasteiger partial charge >= 0.3 is 29.6 Å². The molecule has 0 saturated heterocycles. The molecule has 0 spiro atoms. The first kappa shape index (κ1) is 15.8. The van der Waals surface area contributed by atoms with E-state index in [-0.39, 0.29) is 45.4 Å². The van der Waals surface area contributed by atoms with E-state index >= 15 is 0 Å². The molecular weight excluding hydrogens is 186 g/mol. The normalized spacial score (nSPS) is 9.50. The van der Waals surface area contributed by atoms with Gasteiger partial charge in [0.2, 0.25) is 0 Å². The third-order valence-electron chi connectivity index (χ3n) is 0.947. The minimum Gasteiger partial charge on any atom is -0.677 e. The van der Waals surface area contributed by atoms with E-state index in [1.165, 1.54) is 0 Å². The quantitative estimate of drug-likeness (QED) is 0.306. The van der Waals surface area contributed by atoms with E-state index < -0.39 is 0 Å². The Bertz CT molecular complexity index is 68.6. The molecule has 0 aliphatic heterocycles. The van der Waals surface area contributed by atoms with E-state index in [1.807, 2.05) is 0 Å². The van der Waals surface area contributed by atoms with Crippen LogP contribution in [0.3, 0.4) is 0 Å². The molecule has 0 aromatic heterocycles. The van der Waals surface area contributed by atoms with E-state index in [1.54, 1.807) is 14.2 Å². The maximum Gasteiger partial charge on any atom is 1.00 e. The molecule has 0 rings (SSSR count). The third kappa shape index (κ3) is 13.9. The number of ether oxygens (including phenoxy) is 2. The largest absolute Gasteiger partial charge is 1.00 e. The zero-order valence-corrected chi connectivity index (χ0v) is 11.2. The molecule has 0 aromatic rings. The predicted octanol–water partition coefficient (Wildman–Crippen LogP) is -3.15. The Morgan fingerprint density at radius 2 is 1.25 bits per heavy atom. The van der Waals surface area contributed by atoms with Crippen molar-refractivity contribution in [1.82, 2.24) is 0 Å². The summed E-state index contributed by atoms with van der Waals surface area (Å²) in [6, 6.07) is 0. The second kappa shape index (κ2) is 14.9. The molecular formula is C6H14AlNaO4. The van der Waals surface area contributed by atoms with Crippen LogP contribution in [-0.4, -0.2) is 56.5 Å². The third-order valence-corrected chi connectivity index (χ3v) is 1.69. The maximum atomic E-state index is 5.10. The molecule has 0 N–H and O–H groups in total. The molecule has 6 heteroatoms. The Kier molecular flexibility index (Phi) is 19.6. The van der Waals surface area contributed by atoms with Gasteiger partial charge < -0.3 is 17.1 Å². The van der Waals surface area contributed by atoms with Crippen LogP contribution in [-0.2, 0) is 17.1 Å². The average Bonchev–Trinajstić information content (AvgIpc) is 2.03. The fraction of sp³-hybridized carbons (Fsp3) is 1.00. The first-order valence-electron chi connectivity index (χ1n) is 3.44. The second-order valence-electron chi connectivity index (χ2n) is 1.82. The van der Waals surface area contributed by atoms with Crippen molar-refractivity contribution in [2.45, 2.75) is 0 Å². The molecule has 0 aliphatic carbocycles. The molecule has 0 bridgehead atoms. The van der Waals surface area contributed by atoms with Crippen molar-refractivity contribution >= 4 is 15.9 Å². The van der Waals surface area contributed by atoms with Crippen LogP contribution in [0.1, 0.15) is 0 Å². The smallest absolute Gasteiger partial charge is 0.677 e. The Balaban J connectivity index is 0. The van der Waals surface area contributed by atoms with Crippen molar-refractivity contribution in [3.63, 3.8) is 0 Å². The van der Waals surface area contributed by atoms with Gasteiger partial charge in [0.1, 0.15) is 15.9 Å². The maximum absolute atomic E-state index is 5.10. The fourth-order valence-electron chi connectivity index (χ4n) is 0.407. The van der Waals surface area contributed by atoms with Gasteiger partial charge in [-0.25, -0.2) is 0 Å². The Labute approximate surface area is 103 Å². The van der Waals surface area contributed by atoms with Crippen LogP contribution in [0.5, 0.6) is 0 Å². The van der Waals surface area contributed by atoms with Crippen LogP contribution in [0, 0.1) is 0 Å². The molecule has 0 amide bonds. The van der Waals surface area contributed by atoms with E-state index in [0.717, 1.165) is 0 Å².